The fraction of sp³-hybridized carbons (Fsp3) is 1.00. The molecule has 1 saturated heterocycles. The first-order valence-electron chi connectivity index (χ1n) is 7.04. The van der Waals surface area contributed by atoms with Crippen molar-refractivity contribution in [2.45, 2.75) is 57.7 Å². The van der Waals surface area contributed by atoms with Gasteiger partial charge in [-0.2, -0.15) is 13.2 Å². The lowest BCUT2D eigenvalue weighted by molar-refractivity contribution is -0.135. The molecule has 0 aromatic rings. The molecule has 1 aliphatic heterocycles. The lowest BCUT2D eigenvalue weighted by Crippen LogP contribution is -2.42. The number of hydrogen-bond donors (Lipinski definition) is 1. The van der Waals surface area contributed by atoms with Crippen LogP contribution in [0.25, 0.3) is 0 Å². The fourth-order valence-corrected chi connectivity index (χ4v) is 2.37. The van der Waals surface area contributed by atoms with Gasteiger partial charge in [0.25, 0.3) is 0 Å². The zero-order chi connectivity index (χ0) is 13.4. The van der Waals surface area contributed by atoms with Crippen molar-refractivity contribution >= 4 is 0 Å². The van der Waals surface area contributed by atoms with E-state index in [4.69, 9.17) is 0 Å². The Hall–Kier alpha value is -0.290. The van der Waals surface area contributed by atoms with Crippen molar-refractivity contribution in [3.05, 3.63) is 0 Å². The Morgan fingerprint density at radius 2 is 1.83 bits per heavy atom. The number of likely N-dealkylation sites (tertiary alicyclic amines) is 1. The number of rotatable bonds is 7. The quantitative estimate of drug-likeness (QED) is 0.712. The Morgan fingerprint density at radius 1 is 1.17 bits per heavy atom. The highest BCUT2D eigenvalue weighted by Gasteiger charge is 2.26. The van der Waals surface area contributed by atoms with Gasteiger partial charge in [-0.1, -0.05) is 6.92 Å². The van der Waals surface area contributed by atoms with Gasteiger partial charge in [-0.05, 0) is 58.3 Å². The number of piperidine rings is 1. The lowest BCUT2D eigenvalue weighted by atomic mass is 10.0. The van der Waals surface area contributed by atoms with Crippen molar-refractivity contribution in [1.29, 1.82) is 0 Å². The summed E-state index contributed by atoms with van der Waals surface area (Å²) < 4.78 is 35.9. The topological polar surface area (TPSA) is 15.3 Å². The zero-order valence-electron chi connectivity index (χ0n) is 11.2. The predicted molar refractivity (Wildman–Crippen MR) is 67.7 cm³/mol. The molecule has 108 valence electrons. The molecule has 1 aliphatic rings. The van der Waals surface area contributed by atoms with E-state index in [2.05, 4.69) is 17.1 Å². The molecule has 0 aliphatic carbocycles. The van der Waals surface area contributed by atoms with Crippen LogP contribution in [0.3, 0.4) is 0 Å². The molecule has 0 unspecified atom stereocenters. The highest BCUT2D eigenvalue weighted by atomic mass is 19.4. The first-order chi connectivity index (χ1) is 8.51. The summed E-state index contributed by atoms with van der Waals surface area (Å²) in [4.78, 5) is 2.29. The van der Waals surface area contributed by atoms with E-state index < -0.39 is 12.6 Å². The smallest absolute Gasteiger partial charge is 0.314 e. The Bertz CT molecular complexity index is 211. The third kappa shape index (κ3) is 7.21. The van der Waals surface area contributed by atoms with E-state index in [0.717, 1.165) is 45.4 Å². The van der Waals surface area contributed by atoms with Crippen LogP contribution >= 0.6 is 0 Å². The van der Waals surface area contributed by atoms with Crippen molar-refractivity contribution in [3.63, 3.8) is 0 Å². The first kappa shape index (κ1) is 15.8. The van der Waals surface area contributed by atoms with Crippen LogP contribution < -0.4 is 5.32 Å². The molecule has 1 fully saturated rings. The average molecular weight is 266 g/mol. The summed E-state index contributed by atoms with van der Waals surface area (Å²) in [6.45, 7) is 6.08. The van der Waals surface area contributed by atoms with Gasteiger partial charge in [-0.3, -0.25) is 0 Å². The standard InChI is InChI=1S/C13H25F3N2/c1-2-8-17-12-5-10-18(11-6-12)9-4-3-7-13(14,15)16/h12,17H,2-11H2,1H3. The van der Waals surface area contributed by atoms with Gasteiger partial charge in [0, 0.05) is 12.5 Å². The molecule has 5 heteroatoms. The number of unbranched alkanes of at least 4 members (excludes halogenated alkanes) is 1. The second kappa shape index (κ2) is 8.00. The van der Waals surface area contributed by atoms with Crippen molar-refractivity contribution in [1.82, 2.24) is 10.2 Å². The maximum Gasteiger partial charge on any atom is 0.389 e. The second-order valence-corrected chi connectivity index (χ2v) is 5.14. The summed E-state index contributed by atoms with van der Waals surface area (Å²) in [6.07, 6.45) is -0.307. The molecule has 1 heterocycles. The van der Waals surface area contributed by atoms with Gasteiger partial charge in [0.1, 0.15) is 0 Å². The molecule has 18 heavy (non-hydrogen) atoms. The monoisotopic (exact) mass is 266 g/mol. The molecule has 0 atom stereocenters. The number of nitrogens with zero attached hydrogens (tertiary/aromatic N) is 1. The van der Waals surface area contributed by atoms with Gasteiger partial charge >= 0.3 is 6.18 Å². The van der Waals surface area contributed by atoms with E-state index in [9.17, 15) is 13.2 Å². The Balaban J connectivity index is 2.02. The van der Waals surface area contributed by atoms with E-state index in [0.29, 0.717) is 12.5 Å². The summed E-state index contributed by atoms with van der Waals surface area (Å²) in [7, 11) is 0. The number of hydrogen-bond acceptors (Lipinski definition) is 2. The molecule has 0 aromatic carbocycles. The van der Waals surface area contributed by atoms with Gasteiger partial charge in [0.2, 0.25) is 0 Å². The van der Waals surface area contributed by atoms with Crippen molar-refractivity contribution < 1.29 is 13.2 Å². The minimum atomic E-state index is -3.99. The van der Waals surface area contributed by atoms with Crippen LogP contribution in [0.1, 0.15) is 45.4 Å². The normalized spacial score (nSPS) is 19.3. The maximum atomic E-state index is 12.0. The average Bonchev–Trinajstić information content (AvgIpc) is 2.32. The fourth-order valence-electron chi connectivity index (χ4n) is 2.37. The van der Waals surface area contributed by atoms with Crippen LogP contribution in [0.4, 0.5) is 13.2 Å². The van der Waals surface area contributed by atoms with E-state index in [-0.39, 0.29) is 6.42 Å². The molecular weight excluding hydrogens is 241 g/mol. The molecule has 1 N–H and O–H groups in total. The van der Waals surface area contributed by atoms with E-state index >= 15 is 0 Å². The zero-order valence-corrected chi connectivity index (χ0v) is 11.2. The summed E-state index contributed by atoms with van der Waals surface area (Å²) in [6, 6.07) is 0.608. The van der Waals surface area contributed by atoms with Gasteiger partial charge in [0.05, 0.1) is 0 Å². The first-order valence-corrected chi connectivity index (χ1v) is 7.04. The van der Waals surface area contributed by atoms with Crippen molar-refractivity contribution in [3.8, 4) is 0 Å². The molecule has 0 radical (unpaired) electrons. The molecule has 0 spiro atoms. The lowest BCUT2D eigenvalue weighted by Gasteiger charge is -2.32. The Kier molecular flexibility index (Phi) is 7.00. The SMILES string of the molecule is CCCNC1CCN(CCCCC(F)(F)F)CC1. The van der Waals surface area contributed by atoms with E-state index in [1.807, 2.05) is 0 Å². The summed E-state index contributed by atoms with van der Waals surface area (Å²) in [5, 5.41) is 3.50. The highest BCUT2D eigenvalue weighted by Crippen LogP contribution is 2.22. The van der Waals surface area contributed by atoms with Crippen LogP contribution in [-0.4, -0.2) is 43.3 Å². The van der Waals surface area contributed by atoms with Gasteiger partial charge in [0.15, 0.2) is 0 Å². The van der Waals surface area contributed by atoms with Gasteiger partial charge in [-0.15, -0.1) is 0 Å². The minimum absolute atomic E-state index is 0.261. The number of alkyl halides is 3. The third-order valence-electron chi connectivity index (χ3n) is 3.46. The maximum absolute atomic E-state index is 12.0. The van der Waals surface area contributed by atoms with Crippen LogP contribution in [0.5, 0.6) is 0 Å². The van der Waals surface area contributed by atoms with Crippen molar-refractivity contribution in [2.75, 3.05) is 26.2 Å². The van der Waals surface area contributed by atoms with E-state index in [1.165, 1.54) is 0 Å². The Morgan fingerprint density at radius 3 is 2.39 bits per heavy atom. The third-order valence-corrected chi connectivity index (χ3v) is 3.46. The second-order valence-electron chi connectivity index (χ2n) is 5.14. The van der Waals surface area contributed by atoms with Crippen LogP contribution in [-0.2, 0) is 0 Å². The molecule has 0 saturated carbocycles. The number of halogens is 3. The predicted octanol–water partition coefficient (Wildman–Crippen LogP) is 3.18. The summed E-state index contributed by atoms with van der Waals surface area (Å²) >= 11 is 0. The van der Waals surface area contributed by atoms with Crippen LogP contribution in [0.15, 0.2) is 0 Å². The van der Waals surface area contributed by atoms with Crippen LogP contribution in [0, 0.1) is 0 Å². The van der Waals surface area contributed by atoms with E-state index in [1.54, 1.807) is 0 Å². The summed E-state index contributed by atoms with van der Waals surface area (Å²) in [5.41, 5.74) is 0. The van der Waals surface area contributed by atoms with Crippen LogP contribution in [0.2, 0.25) is 0 Å². The molecule has 2 nitrogen and oxygen atoms in total. The molecule has 1 rings (SSSR count). The minimum Gasteiger partial charge on any atom is -0.314 e. The van der Waals surface area contributed by atoms with Gasteiger partial charge < -0.3 is 10.2 Å². The molecule has 0 amide bonds. The number of nitrogens with one attached hydrogen (secondary N) is 1. The summed E-state index contributed by atoms with van der Waals surface area (Å²) in [5.74, 6) is 0. The molecule has 0 aromatic heterocycles. The highest BCUT2D eigenvalue weighted by molar-refractivity contribution is 4.76. The largest absolute Gasteiger partial charge is 0.389 e. The molecular formula is C13H25F3N2. The molecule has 0 bridgehead atoms. The van der Waals surface area contributed by atoms with Crippen molar-refractivity contribution in [2.24, 2.45) is 0 Å². The Labute approximate surface area is 108 Å². The van der Waals surface area contributed by atoms with Gasteiger partial charge in [-0.25, -0.2) is 0 Å².